The van der Waals surface area contributed by atoms with Gasteiger partial charge in [0, 0.05) is 0 Å². The third kappa shape index (κ3) is 3.04. The van der Waals surface area contributed by atoms with Crippen molar-refractivity contribution in [2.45, 2.75) is 13.2 Å². The number of benzene rings is 1. The third-order valence-electron chi connectivity index (χ3n) is 2.44. The van der Waals surface area contributed by atoms with Crippen molar-refractivity contribution in [2.75, 3.05) is 7.11 Å². The molecule has 0 aliphatic heterocycles. The SMILES string of the molecule is COc1cc(CO)cc(Br)c1OCc1ccsc1. The lowest BCUT2D eigenvalue weighted by Crippen LogP contribution is -1.99. The first-order valence-electron chi connectivity index (χ1n) is 5.35. The second kappa shape index (κ2) is 6.22. The van der Waals surface area contributed by atoms with Gasteiger partial charge in [-0.15, -0.1) is 0 Å². The minimum atomic E-state index is -0.0280. The summed E-state index contributed by atoms with van der Waals surface area (Å²) < 4.78 is 11.8. The average molecular weight is 329 g/mol. The molecule has 96 valence electrons. The minimum absolute atomic E-state index is 0.0280. The van der Waals surface area contributed by atoms with E-state index in [1.165, 1.54) is 0 Å². The molecule has 2 aromatic rings. The van der Waals surface area contributed by atoms with Crippen LogP contribution in [0.2, 0.25) is 0 Å². The van der Waals surface area contributed by atoms with Gasteiger partial charge in [0.05, 0.1) is 18.2 Å². The number of methoxy groups -OCH3 is 1. The van der Waals surface area contributed by atoms with Gasteiger partial charge in [0.25, 0.3) is 0 Å². The molecule has 0 fully saturated rings. The Morgan fingerprint density at radius 1 is 1.33 bits per heavy atom. The summed E-state index contributed by atoms with van der Waals surface area (Å²) in [7, 11) is 1.58. The van der Waals surface area contributed by atoms with Crippen LogP contribution in [0.5, 0.6) is 11.5 Å². The van der Waals surface area contributed by atoms with Crippen LogP contribution in [0.15, 0.2) is 33.4 Å². The van der Waals surface area contributed by atoms with Crippen LogP contribution >= 0.6 is 27.3 Å². The van der Waals surface area contributed by atoms with Crippen molar-refractivity contribution >= 4 is 27.3 Å². The molecule has 1 aromatic heterocycles. The molecule has 0 radical (unpaired) electrons. The number of ether oxygens (including phenoxy) is 2. The van der Waals surface area contributed by atoms with Crippen molar-refractivity contribution in [3.05, 3.63) is 44.6 Å². The molecule has 2 rings (SSSR count). The summed E-state index contributed by atoms with van der Waals surface area (Å²) in [5, 5.41) is 13.2. The van der Waals surface area contributed by atoms with E-state index in [9.17, 15) is 0 Å². The second-order valence-electron chi connectivity index (χ2n) is 3.69. The monoisotopic (exact) mass is 328 g/mol. The zero-order chi connectivity index (χ0) is 13.0. The van der Waals surface area contributed by atoms with E-state index in [-0.39, 0.29) is 6.61 Å². The quantitative estimate of drug-likeness (QED) is 0.911. The molecule has 1 heterocycles. The summed E-state index contributed by atoms with van der Waals surface area (Å²) in [5.74, 6) is 1.27. The molecule has 0 saturated carbocycles. The highest BCUT2D eigenvalue weighted by atomic mass is 79.9. The Kier molecular flexibility index (Phi) is 4.63. The Bertz CT molecular complexity index is 511. The maximum Gasteiger partial charge on any atom is 0.175 e. The fourth-order valence-electron chi connectivity index (χ4n) is 1.53. The predicted molar refractivity (Wildman–Crippen MR) is 75.3 cm³/mol. The normalized spacial score (nSPS) is 10.4. The number of halogens is 1. The van der Waals surface area contributed by atoms with E-state index in [2.05, 4.69) is 15.9 Å². The molecule has 3 nitrogen and oxygen atoms in total. The van der Waals surface area contributed by atoms with E-state index >= 15 is 0 Å². The van der Waals surface area contributed by atoms with Crippen LogP contribution in [0.1, 0.15) is 11.1 Å². The summed E-state index contributed by atoms with van der Waals surface area (Å²) in [4.78, 5) is 0. The maximum absolute atomic E-state index is 9.14. The third-order valence-corrected chi connectivity index (χ3v) is 3.76. The van der Waals surface area contributed by atoms with Crippen LogP contribution in [0.4, 0.5) is 0 Å². The van der Waals surface area contributed by atoms with Gasteiger partial charge in [0.2, 0.25) is 0 Å². The molecule has 0 saturated heterocycles. The smallest absolute Gasteiger partial charge is 0.175 e. The van der Waals surface area contributed by atoms with Crippen molar-refractivity contribution in [3.63, 3.8) is 0 Å². The Balaban J connectivity index is 2.20. The zero-order valence-corrected chi connectivity index (χ0v) is 12.3. The van der Waals surface area contributed by atoms with Crippen LogP contribution in [0.3, 0.4) is 0 Å². The largest absolute Gasteiger partial charge is 0.493 e. The van der Waals surface area contributed by atoms with Crippen molar-refractivity contribution in [3.8, 4) is 11.5 Å². The summed E-state index contributed by atoms with van der Waals surface area (Å²) >= 11 is 5.07. The fourth-order valence-corrected chi connectivity index (χ4v) is 2.79. The van der Waals surface area contributed by atoms with Gasteiger partial charge in [-0.1, -0.05) is 0 Å². The first-order valence-corrected chi connectivity index (χ1v) is 7.09. The highest BCUT2D eigenvalue weighted by Crippen LogP contribution is 2.37. The first kappa shape index (κ1) is 13.4. The highest BCUT2D eigenvalue weighted by Gasteiger charge is 2.11. The van der Waals surface area contributed by atoms with Crippen molar-refractivity contribution in [2.24, 2.45) is 0 Å². The number of aliphatic hydroxyl groups excluding tert-OH is 1. The molecule has 0 bridgehead atoms. The van der Waals surface area contributed by atoms with E-state index in [1.807, 2.05) is 22.9 Å². The topological polar surface area (TPSA) is 38.7 Å². The molecule has 0 aliphatic carbocycles. The van der Waals surface area contributed by atoms with E-state index in [1.54, 1.807) is 24.5 Å². The lowest BCUT2D eigenvalue weighted by atomic mass is 10.2. The highest BCUT2D eigenvalue weighted by molar-refractivity contribution is 9.10. The Morgan fingerprint density at radius 3 is 2.78 bits per heavy atom. The molecule has 1 N–H and O–H groups in total. The predicted octanol–water partition coefficient (Wildman–Crippen LogP) is 3.59. The van der Waals surface area contributed by atoms with Gasteiger partial charge in [-0.3, -0.25) is 0 Å². The van der Waals surface area contributed by atoms with E-state index in [4.69, 9.17) is 14.6 Å². The molecule has 0 spiro atoms. The lowest BCUT2D eigenvalue weighted by Gasteiger charge is -2.13. The molecule has 5 heteroatoms. The maximum atomic E-state index is 9.14. The molecular formula is C13H13BrO3S. The van der Waals surface area contributed by atoms with Gasteiger partial charge in [-0.05, 0) is 56.0 Å². The van der Waals surface area contributed by atoms with Crippen molar-refractivity contribution in [1.29, 1.82) is 0 Å². The zero-order valence-electron chi connectivity index (χ0n) is 9.85. The molecule has 0 unspecified atom stereocenters. The number of aliphatic hydroxyl groups is 1. The molecular weight excluding hydrogens is 316 g/mol. The van der Waals surface area contributed by atoms with Gasteiger partial charge in [-0.25, -0.2) is 0 Å². The number of hydrogen-bond acceptors (Lipinski definition) is 4. The minimum Gasteiger partial charge on any atom is -0.493 e. The van der Waals surface area contributed by atoms with Crippen LogP contribution in [0.25, 0.3) is 0 Å². The molecule has 0 aliphatic rings. The Hall–Kier alpha value is -1.04. The van der Waals surface area contributed by atoms with Gasteiger partial charge >= 0.3 is 0 Å². The van der Waals surface area contributed by atoms with Crippen LogP contribution < -0.4 is 9.47 Å². The van der Waals surface area contributed by atoms with Crippen molar-refractivity contribution in [1.82, 2.24) is 0 Å². The Labute approximate surface area is 118 Å². The van der Waals surface area contributed by atoms with E-state index in [0.29, 0.717) is 18.1 Å². The Morgan fingerprint density at radius 2 is 2.17 bits per heavy atom. The second-order valence-corrected chi connectivity index (χ2v) is 5.32. The van der Waals surface area contributed by atoms with Crippen LogP contribution in [-0.4, -0.2) is 12.2 Å². The summed E-state index contributed by atoms with van der Waals surface area (Å²) in [6, 6.07) is 5.62. The fraction of sp³-hybridized carbons (Fsp3) is 0.231. The van der Waals surface area contributed by atoms with Crippen LogP contribution in [-0.2, 0) is 13.2 Å². The van der Waals surface area contributed by atoms with Gasteiger partial charge < -0.3 is 14.6 Å². The van der Waals surface area contributed by atoms with E-state index < -0.39 is 0 Å². The molecule has 1 aromatic carbocycles. The van der Waals surface area contributed by atoms with E-state index in [0.717, 1.165) is 15.6 Å². The number of hydrogen-bond donors (Lipinski definition) is 1. The van der Waals surface area contributed by atoms with Crippen molar-refractivity contribution < 1.29 is 14.6 Å². The van der Waals surface area contributed by atoms with Gasteiger partial charge in [0.15, 0.2) is 11.5 Å². The van der Waals surface area contributed by atoms with Gasteiger partial charge in [-0.2, -0.15) is 11.3 Å². The summed E-state index contributed by atoms with van der Waals surface area (Å²) in [5.41, 5.74) is 1.90. The number of rotatable bonds is 5. The molecule has 0 atom stereocenters. The molecule has 0 amide bonds. The number of thiophene rings is 1. The summed E-state index contributed by atoms with van der Waals surface area (Å²) in [6.07, 6.45) is 0. The molecule has 18 heavy (non-hydrogen) atoms. The average Bonchev–Trinajstić information content (AvgIpc) is 2.89. The van der Waals surface area contributed by atoms with Crippen LogP contribution in [0, 0.1) is 0 Å². The standard InChI is InChI=1S/C13H13BrO3S/c1-16-12-5-10(6-15)4-11(14)13(12)17-7-9-2-3-18-8-9/h2-5,8,15H,6-7H2,1H3. The lowest BCUT2D eigenvalue weighted by molar-refractivity contribution is 0.273. The first-order chi connectivity index (χ1) is 8.74. The van der Waals surface area contributed by atoms with Gasteiger partial charge in [0.1, 0.15) is 6.61 Å². The summed E-state index contributed by atoms with van der Waals surface area (Å²) in [6.45, 7) is 0.469.